The molecule has 0 radical (unpaired) electrons. The molecule has 1 aromatic carbocycles. The van der Waals surface area contributed by atoms with Gasteiger partial charge in [-0.15, -0.1) is 0 Å². The molecule has 144 valence electrons. The van der Waals surface area contributed by atoms with Crippen LogP contribution in [0.15, 0.2) is 53.2 Å². The Morgan fingerprint density at radius 3 is 2.79 bits per heavy atom. The zero-order valence-electron chi connectivity index (χ0n) is 15.9. The van der Waals surface area contributed by atoms with Crippen LogP contribution in [0.5, 0.6) is 5.88 Å². The standard InChI is InChI=1S/C22H23N3O3/c1-15-20(21(28-25-15)17-7-3-2-4-8-17)22(26)24-14-16-11-12-23-19(13-16)27-18-9-5-6-10-18/h2-4,7-8,11-13,18H,5-6,9-10,14H2,1H3,(H,24,26). The summed E-state index contributed by atoms with van der Waals surface area (Å²) in [5, 5.41) is 6.93. The topological polar surface area (TPSA) is 77.3 Å². The van der Waals surface area contributed by atoms with Crippen LogP contribution in [-0.4, -0.2) is 22.2 Å². The first-order valence-electron chi connectivity index (χ1n) is 9.62. The molecule has 4 rings (SSSR count). The summed E-state index contributed by atoms with van der Waals surface area (Å²) in [4.78, 5) is 17.1. The predicted molar refractivity (Wildman–Crippen MR) is 105 cm³/mol. The fourth-order valence-corrected chi connectivity index (χ4v) is 3.50. The molecule has 0 saturated heterocycles. The first kappa shape index (κ1) is 18.2. The van der Waals surface area contributed by atoms with E-state index in [0.29, 0.717) is 29.4 Å². The van der Waals surface area contributed by atoms with E-state index in [4.69, 9.17) is 9.26 Å². The Labute approximate surface area is 163 Å². The summed E-state index contributed by atoms with van der Waals surface area (Å²) in [5.74, 6) is 0.882. The van der Waals surface area contributed by atoms with E-state index < -0.39 is 0 Å². The van der Waals surface area contributed by atoms with Crippen LogP contribution in [0.4, 0.5) is 0 Å². The number of ether oxygens (including phenoxy) is 1. The molecule has 2 aromatic heterocycles. The first-order chi connectivity index (χ1) is 13.7. The highest BCUT2D eigenvalue weighted by molar-refractivity contribution is 6.00. The molecule has 1 fully saturated rings. The van der Waals surface area contributed by atoms with Gasteiger partial charge in [0.1, 0.15) is 11.7 Å². The molecule has 1 aliphatic rings. The number of nitrogens with one attached hydrogen (secondary N) is 1. The molecule has 1 aliphatic carbocycles. The smallest absolute Gasteiger partial charge is 0.257 e. The second-order valence-electron chi connectivity index (χ2n) is 7.05. The highest BCUT2D eigenvalue weighted by Gasteiger charge is 2.22. The van der Waals surface area contributed by atoms with Gasteiger partial charge in [0.15, 0.2) is 5.76 Å². The van der Waals surface area contributed by atoms with Crippen molar-refractivity contribution in [2.75, 3.05) is 0 Å². The zero-order valence-corrected chi connectivity index (χ0v) is 15.9. The summed E-state index contributed by atoms with van der Waals surface area (Å²) >= 11 is 0. The minimum absolute atomic E-state index is 0.215. The molecule has 3 aromatic rings. The van der Waals surface area contributed by atoms with Crippen molar-refractivity contribution in [3.8, 4) is 17.2 Å². The van der Waals surface area contributed by atoms with Crippen molar-refractivity contribution in [1.82, 2.24) is 15.5 Å². The van der Waals surface area contributed by atoms with Gasteiger partial charge in [0.2, 0.25) is 5.88 Å². The van der Waals surface area contributed by atoms with Crippen LogP contribution in [0, 0.1) is 6.92 Å². The fourth-order valence-electron chi connectivity index (χ4n) is 3.50. The van der Waals surface area contributed by atoms with E-state index in [2.05, 4.69) is 15.5 Å². The number of nitrogens with zero attached hydrogens (tertiary/aromatic N) is 2. The van der Waals surface area contributed by atoms with E-state index >= 15 is 0 Å². The Kier molecular flexibility index (Phi) is 5.37. The second-order valence-corrected chi connectivity index (χ2v) is 7.05. The number of hydrogen-bond donors (Lipinski definition) is 1. The van der Waals surface area contributed by atoms with Gasteiger partial charge in [-0.3, -0.25) is 4.79 Å². The molecule has 28 heavy (non-hydrogen) atoms. The molecule has 0 bridgehead atoms. The van der Waals surface area contributed by atoms with Crippen LogP contribution in [0.3, 0.4) is 0 Å². The number of pyridine rings is 1. The van der Waals surface area contributed by atoms with Crippen LogP contribution in [0.25, 0.3) is 11.3 Å². The Balaban J connectivity index is 1.45. The summed E-state index contributed by atoms with van der Waals surface area (Å²) < 4.78 is 11.3. The van der Waals surface area contributed by atoms with Gasteiger partial charge in [-0.05, 0) is 44.2 Å². The average molecular weight is 377 g/mol. The first-order valence-corrected chi connectivity index (χ1v) is 9.62. The number of benzene rings is 1. The monoisotopic (exact) mass is 377 g/mol. The minimum Gasteiger partial charge on any atom is -0.474 e. The molecule has 1 N–H and O–H groups in total. The molecule has 0 spiro atoms. The molecule has 1 amide bonds. The maximum atomic E-state index is 12.8. The lowest BCUT2D eigenvalue weighted by atomic mass is 10.1. The van der Waals surface area contributed by atoms with Gasteiger partial charge in [0.05, 0.1) is 5.69 Å². The van der Waals surface area contributed by atoms with Crippen LogP contribution in [-0.2, 0) is 6.54 Å². The lowest BCUT2D eigenvalue weighted by molar-refractivity contribution is 0.0950. The number of aromatic nitrogens is 2. The SMILES string of the molecule is Cc1noc(-c2ccccc2)c1C(=O)NCc1ccnc(OC2CCCC2)c1. The lowest BCUT2D eigenvalue weighted by Crippen LogP contribution is -2.23. The molecule has 6 nitrogen and oxygen atoms in total. The van der Waals surface area contributed by atoms with Gasteiger partial charge in [0.25, 0.3) is 5.91 Å². The molecular weight excluding hydrogens is 354 g/mol. The van der Waals surface area contributed by atoms with Crippen molar-refractivity contribution < 1.29 is 14.1 Å². The van der Waals surface area contributed by atoms with E-state index in [9.17, 15) is 4.79 Å². The van der Waals surface area contributed by atoms with Crippen molar-refractivity contribution in [2.45, 2.75) is 45.3 Å². The summed E-state index contributed by atoms with van der Waals surface area (Å²) in [7, 11) is 0. The molecule has 0 atom stereocenters. The quantitative estimate of drug-likeness (QED) is 0.693. The average Bonchev–Trinajstić information content (AvgIpc) is 3.37. The van der Waals surface area contributed by atoms with Gasteiger partial charge in [0, 0.05) is 24.4 Å². The van der Waals surface area contributed by atoms with E-state index in [1.54, 1.807) is 13.1 Å². The van der Waals surface area contributed by atoms with Crippen molar-refractivity contribution in [1.29, 1.82) is 0 Å². The summed E-state index contributed by atoms with van der Waals surface area (Å²) in [5.41, 5.74) is 2.79. The van der Waals surface area contributed by atoms with E-state index in [1.807, 2.05) is 42.5 Å². The van der Waals surface area contributed by atoms with Crippen LogP contribution < -0.4 is 10.1 Å². The van der Waals surface area contributed by atoms with E-state index in [0.717, 1.165) is 24.0 Å². The number of hydrogen-bond acceptors (Lipinski definition) is 5. The number of carbonyl (C=O) groups excluding carboxylic acids is 1. The normalized spacial score (nSPS) is 14.2. The maximum Gasteiger partial charge on any atom is 0.257 e. The van der Waals surface area contributed by atoms with Crippen LogP contribution >= 0.6 is 0 Å². The third-order valence-electron chi connectivity index (χ3n) is 4.97. The Bertz CT molecular complexity index is 947. The largest absolute Gasteiger partial charge is 0.474 e. The van der Waals surface area contributed by atoms with E-state index in [1.165, 1.54) is 12.8 Å². The summed E-state index contributed by atoms with van der Waals surface area (Å²) in [6.07, 6.45) is 6.55. The Morgan fingerprint density at radius 2 is 2.00 bits per heavy atom. The fraction of sp³-hybridized carbons (Fsp3) is 0.318. The molecule has 6 heteroatoms. The van der Waals surface area contributed by atoms with Crippen LogP contribution in [0.2, 0.25) is 0 Å². The predicted octanol–water partition coefficient (Wildman–Crippen LogP) is 4.30. The minimum atomic E-state index is -0.215. The molecule has 2 heterocycles. The molecule has 0 unspecified atom stereocenters. The highest BCUT2D eigenvalue weighted by Crippen LogP contribution is 2.26. The van der Waals surface area contributed by atoms with Crippen molar-refractivity contribution in [2.24, 2.45) is 0 Å². The van der Waals surface area contributed by atoms with E-state index in [-0.39, 0.29) is 12.0 Å². The number of rotatable bonds is 6. The second kappa shape index (κ2) is 8.25. The van der Waals surface area contributed by atoms with Gasteiger partial charge in [-0.2, -0.15) is 0 Å². The molecule has 1 saturated carbocycles. The van der Waals surface area contributed by atoms with Gasteiger partial charge < -0.3 is 14.6 Å². The Hall–Kier alpha value is -3.15. The maximum absolute atomic E-state index is 12.8. The number of carbonyl (C=O) groups is 1. The summed E-state index contributed by atoms with van der Waals surface area (Å²) in [6.45, 7) is 2.14. The van der Waals surface area contributed by atoms with Gasteiger partial charge >= 0.3 is 0 Å². The molecular formula is C22H23N3O3. The number of aryl methyl sites for hydroxylation is 1. The third kappa shape index (κ3) is 4.06. The Morgan fingerprint density at radius 1 is 1.21 bits per heavy atom. The lowest BCUT2D eigenvalue weighted by Gasteiger charge is -2.13. The number of amides is 1. The van der Waals surface area contributed by atoms with Crippen molar-refractivity contribution in [3.63, 3.8) is 0 Å². The van der Waals surface area contributed by atoms with Crippen molar-refractivity contribution >= 4 is 5.91 Å². The zero-order chi connectivity index (χ0) is 19.3. The molecule has 0 aliphatic heterocycles. The van der Waals surface area contributed by atoms with Crippen molar-refractivity contribution in [3.05, 3.63) is 65.5 Å². The van der Waals surface area contributed by atoms with Crippen LogP contribution in [0.1, 0.15) is 47.3 Å². The van der Waals surface area contributed by atoms with Gasteiger partial charge in [-0.1, -0.05) is 35.5 Å². The van der Waals surface area contributed by atoms with Gasteiger partial charge in [-0.25, -0.2) is 4.98 Å². The highest BCUT2D eigenvalue weighted by atomic mass is 16.5. The third-order valence-corrected chi connectivity index (χ3v) is 4.97. The summed E-state index contributed by atoms with van der Waals surface area (Å²) in [6, 6.07) is 13.3.